The first-order valence-corrected chi connectivity index (χ1v) is 6.67. The Bertz CT molecular complexity index is 616. The summed E-state index contributed by atoms with van der Waals surface area (Å²) >= 11 is 9.22. The summed E-state index contributed by atoms with van der Waals surface area (Å²) in [6.07, 6.45) is 0. The van der Waals surface area contributed by atoms with Gasteiger partial charge < -0.3 is 10.1 Å². The summed E-state index contributed by atoms with van der Waals surface area (Å²) in [4.78, 5) is 12.0. The first-order chi connectivity index (χ1) is 9.10. The van der Waals surface area contributed by atoms with Crippen molar-refractivity contribution in [3.63, 3.8) is 0 Å². The van der Waals surface area contributed by atoms with Crippen LogP contribution in [-0.4, -0.2) is 13.0 Å². The van der Waals surface area contributed by atoms with Crippen LogP contribution in [0.5, 0.6) is 5.75 Å². The molecule has 2 rings (SSSR count). The molecule has 0 heterocycles. The van der Waals surface area contributed by atoms with E-state index in [-0.39, 0.29) is 5.91 Å². The molecule has 0 aliphatic carbocycles. The van der Waals surface area contributed by atoms with Crippen molar-refractivity contribution in [2.75, 3.05) is 12.4 Å². The molecule has 5 heteroatoms. The van der Waals surface area contributed by atoms with Gasteiger partial charge in [0.1, 0.15) is 5.75 Å². The minimum atomic E-state index is -0.209. The van der Waals surface area contributed by atoms with Crippen LogP contribution in [0, 0.1) is 0 Å². The van der Waals surface area contributed by atoms with Gasteiger partial charge in [0.15, 0.2) is 0 Å². The molecule has 0 bridgehead atoms. The number of benzene rings is 2. The second-order valence-electron chi connectivity index (χ2n) is 3.81. The van der Waals surface area contributed by atoms with E-state index in [4.69, 9.17) is 16.3 Å². The second-order valence-corrected chi connectivity index (χ2v) is 5.10. The standard InChI is InChI=1S/C14H11BrClNO2/c1-19-13-6-5-11(8-12(13)15)17-14(18)9-3-2-4-10(16)7-9/h2-8H,1H3,(H,17,18). The summed E-state index contributed by atoms with van der Waals surface area (Å²) in [5.41, 5.74) is 1.19. The first kappa shape index (κ1) is 13.9. The quantitative estimate of drug-likeness (QED) is 0.901. The van der Waals surface area contributed by atoms with E-state index in [1.807, 2.05) is 0 Å². The highest BCUT2D eigenvalue weighted by Gasteiger charge is 2.08. The van der Waals surface area contributed by atoms with Crippen molar-refractivity contribution in [3.8, 4) is 5.75 Å². The fourth-order valence-electron chi connectivity index (χ4n) is 1.58. The van der Waals surface area contributed by atoms with Crippen LogP contribution < -0.4 is 10.1 Å². The molecule has 0 fully saturated rings. The Morgan fingerprint density at radius 1 is 1.26 bits per heavy atom. The SMILES string of the molecule is COc1ccc(NC(=O)c2cccc(Cl)c2)cc1Br. The highest BCUT2D eigenvalue weighted by Crippen LogP contribution is 2.28. The lowest BCUT2D eigenvalue weighted by molar-refractivity contribution is 0.102. The van der Waals surface area contributed by atoms with E-state index in [9.17, 15) is 4.79 Å². The number of ether oxygens (including phenoxy) is 1. The molecule has 98 valence electrons. The van der Waals surface area contributed by atoms with Gasteiger partial charge in [-0.15, -0.1) is 0 Å². The van der Waals surface area contributed by atoms with Crippen molar-refractivity contribution >= 4 is 39.1 Å². The van der Waals surface area contributed by atoms with E-state index in [1.165, 1.54) is 0 Å². The van der Waals surface area contributed by atoms with Crippen molar-refractivity contribution in [2.24, 2.45) is 0 Å². The van der Waals surface area contributed by atoms with Gasteiger partial charge >= 0.3 is 0 Å². The largest absolute Gasteiger partial charge is 0.496 e. The van der Waals surface area contributed by atoms with Crippen molar-refractivity contribution in [2.45, 2.75) is 0 Å². The molecule has 0 unspecified atom stereocenters. The number of carbonyl (C=O) groups excluding carboxylic acids is 1. The summed E-state index contributed by atoms with van der Waals surface area (Å²) in [7, 11) is 1.59. The van der Waals surface area contributed by atoms with Gasteiger partial charge in [-0.3, -0.25) is 4.79 Å². The van der Waals surface area contributed by atoms with E-state index in [1.54, 1.807) is 49.6 Å². The van der Waals surface area contributed by atoms with Gasteiger partial charge in [0.25, 0.3) is 5.91 Å². The van der Waals surface area contributed by atoms with Gasteiger partial charge in [-0.2, -0.15) is 0 Å². The number of methoxy groups -OCH3 is 1. The van der Waals surface area contributed by atoms with Crippen LogP contribution >= 0.6 is 27.5 Å². The lowest BCUT2D eigenvalue weighted by Gasteiger charge is -2.08. The van der Waals surface area contributed by atoms with E-state index < -0.39 is 0 Å². The highest BCUT2D eigenvalue weighted by molar-refractivity contribution is 9.10. The lowest BCUT2D eigenvalue weighted by Crippen LogP contribution is -2.11. The van der Waals surface area contributed by atoms with Crippen LogP contribution in [0.3, 0.4) is 0 Å². The maximum absolute atomic E-state index is 12.0. The summed E-state index contributed by atoms with van der Waals surface area (Å²) in [6, 6.07) is 12.1. The van der Waals surface area contributed by atoms with Crippen molar-refractivity contribution in [3.05, 3.63) is 57.5 Å². The normalized spacial score (nSPS) is 10.1. The summed E-state index contributed by atoms with van der Waals surface area (Å²) < 4.78 is 5.91. The minimum absolute atomic E-state index is 0.209. The average molecular weight is 341 g/mol. The maximum Gasteiger partial charge on any atom is 0.255 e. The molecule has 0 aliphatic rings. The topological polar surface area (TPSA) is 38.3 Å². The number of anilines is 1. The van der Waals surface area contributed by atoms with E-state index in [0.717, 1.165) is 4.47 Å². The van der Waals surface area contributed by atoms with Gasteiger partial charge in [-0.25, -0.2) is 0 Å². The van der Waals surface area contributed by atoms with Crippen molar-refractivity contribution in [1.29, 1.82) is 0 Å². The molecule has 0 radical (unpaired) electrons. The minimum Gasteiger partial charge on any atom is -0.496 e. The zero-order valence-corrected chi connectivity index (χ0v) is 12.5. The Morgan fingerprint density at radius 3 is 2.68 bits per heavy atom. The molecule has 0 saturated heterocycles. The highest BCUT2D eigenvalue weighted by atomic mass is 79.9. The number of rotatable bonds is 3. The number of halogens is 2. The summed E-state index contributed by atoms with van der Waals surface area (Å²) in [6.45, 7) is 0. The van der Waals surface area contributed by atoms with Gasteiger partial charge in [-0.1, -0.05) is 17.7 Å². The van der Waals surface area contributed by atoms with Gasteiger partial charge in [0.2, 0.25) is 0 Å². The predicted octanol–water partition coefficient (Wildman–Crippen LogP) is 4.36. The Morgan fingerprint density at radius 2 is 2.05 bits per heavy atom. The number of hydrogen-bond donors (Lipinski definition) is 1. The zero-order chi connectivity index (χ0) is 13.8. The summed E-state index contributed by atoms with van der Waals surface area (Å²) in [5, 5.41) is 3.33. The predicted molar refractivity (Wildman–Crippen MR) is 80.1 cm³/mol. The van der Waals surface area contributed by atoms with E-state index in [2.05, 4.69) is 21.2 Å². The molecular formula is C14H11BrClNO2. The summed E-state index contributed by atoms with van der Waals surface area (Å²) in [5.74, 6) is 0.500. The third-order valence-electron chi connectivity index (χ3n) is 2.50. The van der Waals surface area contributed by atoms with E-state index >= 15 is 0 Å². The van der Waals surface area contributed by atoms with Crippen molar-refractivity contribution in [1.82, 2.24) is 0 Å². The molecule has 19 heavy (non-hydrogen) atoms. The van der Waals surface area contributed by atoms with Crippen molar-refractivity contribution < 1.29 is 9.53 Å². The molecule has 0 atom stereocenters. The average Bonchev–Trinajstić information content (AvgIpc) is 2.39. The van der Waals surface area contributed by atoms with E-state index in [0.29, 0.717) is 22.0 Å². The van der Waals surface area contributed by atoms with Gasteiger partial charge in [0, 0.05) is 16.3 Å². The molecule has 2 aromatic carbocycles. The molecule has 0 aromatic heterocycles. The Hall–Kier alpha value is -1.52. The van der Waals surface area contributed by atoms with Crippen LogP contribution in [-0.2, 0) is 0 Å². The maximum atomic E-state index is 12.0. The Balaban J connectivity index is 2.17. The Kier molecular flexibility index (Phi) is 4.45. The van der Waals surface area contributed by atoms with Crippen LogP contribution in [0.4, 0.5) is 5.69 Å². The monoisotopic (exact) mass is 339 g/mol. The zero-order valence-electron chi connectivity index (χ0n) is 10.1. The third kappa shape index (κ3) is 3.49. The van der Waals surface area contributed by atoms with Gasteiger partial charge in [-0.05, 0) is 52.3 Å². The molecule has 0 saturated carbocycles. The lowest BCUT2D eigenvalue weighted by atomic mass is 10.2. The molecule has 0 aliphatic heterocycles. The second kappa shape index (κ2) is 6.08. The number of hydrogen-bond acceptors (Lipinski definition) is 2. The van der Waals surface area contributed by atoms with Gasteiger partial charge in [0.05, 0.1) is 11.6 Å². The molecule has 3 nitrogen and oxygen atoms in total. The molecule has 0 spiro atoms. The molecule has 2 aromatic rings. The number of nitrogens with one attached hydrogen (secondary N) is 1. The van der Waals surface area contributed by atoms with Crippen LogP contribution in [0.15, 0.2) is 46.9 Å². The molecular weight excluding hydrogens is 330 g/mol. The first-order valence-electron chi connectivity index (χ1n) is 5.50. The van der Waals surface area contributed by atoms with Crippen LogP contribution in [0.25, 0.3) is 0 Å². The number of carbonyl (C=O) groups is 1. The smallest absolute Gasteiger partial charge is 0.255 e. The fraction of sp³-hybridized carbons (Fsp3) is 0.0714. The third-order valence-corrected chi connectivity index (χ3v) is 3.35. The molecule has 1 N–H and O–H groups in total. The Labute approximate surface area is 124 Å². The van der Waals surface area contributed by atoms with Crippen LogP contribution in [0.1, 0.15) is 10.4 Å². The fourth-order valence-corrected chi connectivity index (χ4v) is 2.31. The van der Waals surface area contributed by atoms with Crippen LogP contribution in [0.2, 0.25) is 5.02 Å². The molecule has 1 amide bonds. The number of amides is 1.